The molecule has 2 heterocycles. The highest BCUT2D eigenvalue weighted by molar-refractivity contribution is 5.82. The van der Waals surface area contributed by atoms with Crippen LogP contribution in [0.3, 0.4) is 0 Å². The number of nitrogens with one attached hydrogen (secondary N) is 1. The Kier molecular flexibility index (Phi) is 7.44. The fourth-order valence-corrected chi connectivity index (χ4v) is 4.34. The van der Waals surface area contributed by atoms with Gasteiger partial charge in [-0.2, -0.15) is 0 Å². The number of piperidine rings is 1. The van der Waals surface area contributed by atoms with Gasteiger partial charge in [0, 0.05) is 31.7 Å². The summed E-state index contributed by atoms with van der Waals surface area (Å²) < 4.78 is 21.6. The second-order valence-electron chi connectivity index (χ2n) is 8.42. The number of ether oxygens (including phenoxy) is 1. The number of benzene rings is 2. The van der Waals surface area contributed by atoms with E-state index in [4.69, 9.17) is 21.4 Å². The fourth-order valence-electron chi connectivity index (χ4n) is 4.34. The Hall–Kier alpha value is -3.74. The van der Waals surface area contributed by atoms with Crippen LogP contribution in [-0.4, -0.2) is 54.1 Å². The first-order valence-electron chi connectivity index (χ1n) is 11.5. The van der Waals surface area contributed by atoms with E-state index in [0.29, 0.717) is 40.1 Å². The normalized spacial score (nSPS) is 14.1. The molecule has 0 atom stereocenters. The third-order valence-corrected chi connectivity index (χ3v) is 6.30. The van der Waals surface area contributed by atoms with Crippen molar-refractivity contribution in [3.05, 3.63) is 70.1 Å². The summed E-state index contributed by atoms with van der Waals surface area (Å²) in [4.78, 5) is 23.9. The van der Waals surface area contributed by atoms with E-state index in [-0.39, 0.29) is 24.5 Å². The molecule has 0 spiro atoms. The number of aromatic nitrogens is 2. The van der Waals surface area contributed by atoms with Crippen LogP contribution >= 0.6 is 0 Å². The van der Waals surface area contributed by atoms with E-state index < -0.39 is 5.82 Å². The zero-order valence-corrected chi connectivity index (χ0v) is 19.8. The molecular weight excluding hydrogens is 449 g/mol. The summed E-state index contributed by atoms with van der Waals surface area (Å²) in [5.74, 6) is 0.432. The molecule has 35 heavy (non-hydrogen) atoms. The summed E-state index contributed by atoms with van der Waals surface area (Å²) in [6, 6.07) is 11.6. The highest BCUT2D eigenvalue weighted by atomic mass is 19.1. The average molecular weight is 478 g/mol. The molecule has 1 saturated heterocycles. The molecule has 2 aromatic carbocycles. The Morgan fingerprint density at radius 3 is 2.49 bits per heavy atom. The van der Waals surface area contributed by atoms with E-state index in [0.717, 1.165) is 25.9 Å². The Labute approximate surface area is 203 Å². The lowest BCUT2D eigenvalue weighted by molar-refractivity contribution is 0.201. The van der Waals surface area contributed by atoms with E-state index >= 15 is 0 Å². The first-order valence-corrected chi connectivity index (χ1v) is 11.5. The maximum absolute atomic E-state index is 14.6. The molecular formula is C26H28FN5O3. The Bertz CT molecular complexity index is 1290. The molecule has 9 heteroatoms. The van der Waals surface area contributed by atoms with E-state index in [1.54, 1.807) is 41.9 Å². The minimum atomic E-state index is -0.657. The number of hydrogen-bond donors (Lipinski definition) is 2. The lowest BCUT2D eigenvalue weighted by atomic mass is 9.99. The number of rotatable bonds is 7. The first kappa shape index (κ1) is 24.4. The zero-order valence-electron chi connectivity index (χ0n) is 19.8. The Morgan fingerprint density at radius 2 is 1.89 bits per heavy atom. The van der Waals surface area contributed by atoms with Crippen molar-refractivity contribution < 1.29 is 14.2 Å². The molecule has 0 bridgehead atoms. The van der Waals surface area contributed by atoms with Crippen LogP contribution in [0.5, 0.6) is 5.75 Å². The van der Waals surface area contributed by atoms with Gasteiger partial charge in [0.25, 0.3) is 5.56 Å². The summed E-state index contributed by atoms with van der Waals surface area (Å²) >= 11 is 0. The Morgan fingerprint density at radius 1 is 1.20 bits per heavy atom. The van der Waals surface area contributed by atoms with Crippen molar-refractivity contribution in [2.45, 2.75) is 18.9 Å². The summed E-state index contributed by atoms with van der Waals surface area (Å²) in [5, 5.41) is 12.3. The van der Waals surface area contributed by atoms with Gasteiger partial charge in [0.1, 0.15) is 18.2 Å². The van der Waals surface area contributed by atoms with Gasteiger partial charge in [-0.15, -0.1) is 0 Å². The van der Waals surface area contributed by atoms with Crippen molar-refractivity contribution in [2.75, 3.05) is 38.3 Å². The van der Waals surface area contributed by atoms with Gasteiger partial charge in [-0.25, -0.2) is 14.2 Å². The van der Waals surface area contributed by atoms with Gasteiger partial charge in [0.2, 0.25) is 11.6 Å². The van der Waals surface area contributed by atoms with Crippen LogP contribution in [0.4, 0.5) is 16.0 Å². The minimum Gasteiger partial charge on any atom is -0.491 e. The SMILES string of the molecule is [C-]#[N+]c1ccc(-c2nc(N3CCC(NC)CC3)n(C)c(=O)c2-c2ccc(OCCO)cc2)cc1F. The van der Waals surface area contributed by atoms with Gasteiger partial charge in [-0.1, -0.05) is 24.3 Å². The second-order valence-corrected chi connectivity index (χ2v) is 8.42. The van der Waals surface area contributed by atoms with Crippen LogP contribution in [-0.2, 0) is 7.05 Å². The van der Waals surface area contributed by atoms with E-state index in [1.165, 1.54) is 12.1 Å². The number of hydrogen-bond acceptors (Lipinski definition) is 6. The van der Waals surface area contributed by atoms with Crippen LogP contribution in [0.1, 0.15) is 12.8 Å². The molecule has 1 fully saturated rings. The molecule has 0 unspecified atom stereocenters. The predicted octanol–water partition coefficient (Wildman–Crippen LogP) is 3.36. The number of aliphatic hydroxyl groups excluding tert-OH is 1. The largest absolute Gasteiger partial charge is 0.491 e. The fraction of sp³-hybridized carbons (Fsp3) is 0.346. The molecule has 3 aromatic rings. The lowest BCUT2D eigenvalue weighted by Crippen LogP contribution is -2.43. The Balaban J connectivity index is 1.85. The number of nitrogens with zero attached hydrogens (tertiary/aromatic N) is 4. The summed E-state index contributed by atoms with van der Waals surface area (Å²) in [7, 11) is 3.65. The molecule has 1 aliphatic heterocycles. The molecule has 1 aromatic heterocycles. The third kappa shape index (κ3) is 5.04. The van der Waals surface area contributed by atoms with Crippen LogP contribution in [0.15, 0.2) is 47.3 Å². The van der Waals surface area contributed by atoms with Crippen molar-refractivity contribution in [1.82, 2.24) is 14.9 Å². The molecule has 1 aliphatic rings. The standard InChI is InChI=1S/C26H28FN5O3/c1-28-19-10-12-32(13-11-19)26-30-24(18-6-9-22(29-2)21(27)16-18)23(25(34)31(26)3)17-4-7-20(8-5-17)35-15-14-33/h4-9,16,19,28,33H,10-15H2,1,3H3. The smallest absolute Gasteiger partial charge is 0.263 e. The lowest BCUT2D eigenvalue weighted by Gasteiger charge is -2.33. The zero-order chi connectivity index (χ0) is 24.9. The van der Waals surface area contributed by atoms with Gasteiger partial charge < -0.3 is 20.1 Å². The molecule has 4 rings (SSSR count). The molecule has 8 nitrogen and oxygen atoms in total. The van der Waals surface area contributed by atoms with Crippen molar-refractivity contribution in [3.8, 4) is 28.1 Å². The van der Waals surface area contributed by atoms with Gasteiger partial charge in [0.05, 0.1) is 24.4 Å². The predicted molar refractivity (Wildman–Crippen MR) is 133 cm³/mol. The van der Waals surface area contributed by atoms with Crippen LogP contribution < -0.4 is 20.5 Å². The van der Waals surface area contributed by atoms with Crippen LogP contribution in [0, 0.1) is 12.4 Å². The summed E-state index contributed by atoms with van der Waals surface area (Å²) in [6.07, 6.45) is 1.85. The van der Waals surface area contributed by atoms with Gasteiger partial charge in [0.15, 0.2) is 0 Å². The molecule has 182 valence electrons. The van der Waals surface area contributed by atoms with Crippen molar-refractivity contribution in [3.63, 3.8) is 0 Å². The highest BCUT2D eigenvalue weighted by Crippen LogP contribution is 2.33. The topological polar surface area (TPSA) is 84.0 Å². The number of aliphatic hydroxyl groups is 1. The maximum atomic E-state index is 14.6. The molecule has 0 radical (unpaired) electrons. The first-order chi connectivity index (χ1) is 17.0. The minimum absolute atomic E-state index is 0.0844. The third-order valence-electron chi connectivity index (χ3n) is 6.30. The van der Waals surface area contributed by atoms with Crippen molar-refractivity contribution >= 4 is 11.6 Å². The molecule has 0 saturated carbocycles. The molecule has 0 aliphatic carbocycles. The quantitative estimate of drug-likeness (QED) is 0.508. The van der Waals surface area contributed by atoms with Crippen molar-refractivity contribution in [2.24, 2.45) is 7.05 Å². The summed E-state index contributed by atoms with van der Waals surface area (Å²) in [6.45, 7) is 8.69. The molecule has 0 amide bonds. The van der Waals surface area contributed by atoms with E-state index in [2.05, 4.69) is 15.1 Å². The van der Waals surface area contributed by atoms with E-state index in [1.807, 2.05) is 7.05 Å². The molecule has 2 N–H and O–H groups in total. The number of anilines is 1. The van der Waals surface area contributed by atoms with Crippen LogP contribution in [0.2, 0.25) is 0 Å². The van der Waals surface area contributed by atoms with Gasteiger partial charge in [-0.05, 0) is 43.7 Å². The van der Waals surface area contributed by atoms with Gasteiger partial charge in [-0.3, -0.25) is 9.36 Å². The van der Waals surface area contributed by atoms with Gasteiger partial charge >= 0.3 is 0 Å². The monoisotopic (exact) mass is 477 g/mol. The van der Waals surface area contributed by atoms with Crippen molar-refractivity contribution in [1.29, 1.82) is 0 Å². The van der Waals surface area contributed by atoms with E-state index in [9.17, 15) is 9.18 Å². The summed E-state index contributed by atoms with van der Waals surface area (Å²) in [5.41, 5.74) is 1.40. The maximum Gasteiger partial charge on any atom is 0.263 e. The second kappa shape index (κ2) is 10.7. The van der Waals surface area contributed by atoms with Crippen LogP contribution in [0.25, 0.3) is 27.2 Å². The average Bonchev–Trinajstić information content (AvgIpc) is 2.89. The number of halogens is 1. The highest BCUT2D eigenvalue weighted by Gasteiger charge is 2.25.